The highest BCUT2D eigenvalue weighted by molar-refractivity contribution is 6.01. The van der Waals surface area contributed by atoms with E-state index in [9.17, 15) is 62.3 Å². The van der Waals surface area contributed by atoms with Crippen LogP contribution in [0.3, 0.4) is 0 Å². The summed E-state index contributed by atoms with van der Waals surface area (Å²) in [6, 6.07) is 0. The lowest BCUT2D eigenvalue weighted by Crippen LogP contribution is -2.27. The van der Waals surface area contributed by atoms with Crippen molar-refractivity contribution in [2.75, 3.05) is 14.2 Å². The van der Waals surface area contributed by atoms with Crippen molar-refractivity contribution >= 4 is 11.7 Å². The SMILES string of the molecule is CC(F)(F)F.CON(C)C(=O)c1cn(C)cc1C(F)(F)F.Cn1cc(C(=O)C(F)(F)F)c(C(F)(F)F)c1. The van der Waals surface area contributed by atoms with Gasteiger partial charge in [-0.25, -0.2) is 5.06 Å². The Morgan fingerprint density at radius 1 is 0.730 bits per heavy atom. The minimum absolute atomic E-state index is 0.188. The largest absolute Gasteiger partial charge is 0.454 e. The van der Waals surface area contributed by atoms with Gasteiger partial charge in [-0.3, -0.25) is 14.4 Å². The smallest absolute Gasteiger partial charge is 0.356 e. The molecule has 0 aromatic carbocycles. The number of halogens is 12. The van der Waals surface area contributed by atoms with Gasteiger partial charge in [-0.1, -0.05) is 0 Å². The maximum absolute atomic E-state index is 12.6. The average molecular weight is 565 g/mol. The third kappa shape index (κ3) is 11.2. The summed E-state index contributed by atoms with van der Waals surface area (Å²) in [5.41, 5.74) is -4.37. The van der Waals surface area contributed by atoms with Gasteiger partial charge >= 0.3 is 24.7 Å². The molecule has 0 aliphatic heterocycles. The topological polar surface area (TPSA) is 56.5 Å². The first-order valence-corrected chi connectivity index (χ1v) is 9.27. The molecule has 0 saturated carbocycles. The second-order valence-electron chi connectivity index (χ2n) is 7.09. The van der Waals surface area contributed by atoms with Crippen LogP contribution < -0.4 is 0 Å². The van der Waals surface area contributed by atoms with Gasteiger partial charge in [-0.2, -0.15) is 52.7 Å². The van der Waals surface area contributed by atoms with E-state index in [1.165, 1.54) is 25.8 Å². The van der Waals surface area contributed by atoms with E-state index in [2.05, 4.69) is 4.84 Å². The summed E-state index contributed by atoms with van der Waals surface area (Å²) < 4.78 is 143. The number of aryl methyl sites for hydroxylation is 2. The molecule has 212 valence electrons. The van der Waals surface area contributed by atoms with Crippen LogP contribution in [0.2, 0.25) is 0 Å². The standard InChI is InChI=1S/C9H11F3N2O2.C8H5F6NO.C2H3F3/c1-13-4-6(8(15)14(2)16-3)7(5-13)9(10,11)12;1-15-2-4(6(16)8(12,13)14)5(3-15)7(9,10)11;1-2(3,4)5/h4-5H,1-3H3;2-3H,1H3;1H3. The lowest BCUT2D eigenvalue weighted by Gasteiger charge is -2.14. The highest BCUT2D eigenvalue weighted by Gasteiger charge is 2.45. The number of Topliss-reactive ketones (excluding diaryl/α,β-unsaturated/α-hetero) is 1. The highest BCUT2D eigenvalue weighted by Crippen LogP contribution is 2.35. The molecule has 2 rings (SSSR count). The molecule has 0 N–H and O–H groups in total. The summed E-state index contributed by atoms with van der Waals surface area (Å²) >= 11 is 0. The van der Waals surface area contributed by atoms with Gasteiger partial charge in [-0.05, 0) is 0 Å². The zero-order valence-corrected chi connectivity index (χ0v) is 19.4. The van der Waals surface area contributed by atoms with Gasteiger partial charge in [0.15, 0.2) is 0 Å². The second-order valence-corrected chi connectivity index (χ2v) is 7.09. The number of rotatable bonds is 3. The Kier molecular flexibility index (Phi) is 10.9. The Morgan fingerprint density at radius 2 is 1.05 bits per heavy atom. The van der Waals surface area contributed by atoms with E-state index in [1.54, 1.807) is 0 Å². The summed E-state index contributed by atoms with van der Waals surface area (Å²) in [6.45, 7) is 0.188. The molecular weight excluding hydrogens is 546 g/mol. The Morgan fingerprint density at radius 3 is 1.35 bits per heavy atom. The van der Waals surface area contributed by atoms with Crippen molar-refractivity contribution in [3.63, 3.8) is 0 Å². The van der Waals surface area contributed by atoms with Crippen LogP contribution >= 0.6 is 0 Å². The minimum Gasteiger partial charge on any atom is -0.356 e. The lowest BCUT2D eigenvalue weighted by atomic mass is 10.1. The third-order valence-electron chi connectivity index (χ3n) is 3.81. The van der Waals surface area contributed by atoms with Crippen LogP contribution in [0, 0.1) is 0 Å². The molecule has 0 spiro atoms. The first kappa shape index (κ1) is 33.8. The molecule has 2 aromatic heterocycles. The molecule has 37 heavy (non-hydrogen) atoms. The molecule has 0 aliphatic carbocycles. The minimum atomic E-state index is -5.32. The summed E-state index contributed by atoms with van der Waals surface area (Å²) in [5.74, 6) is -3.34. The molecule has 18 heteroatoms. The van der Waals surface area contributed by atoms with Gasteiger partial charge in [0.2, 0.25) is 0 Å². The number of hydrogen-bond acceptors (Lipinski definition) is 3. The van der Waals surface area contributed by atoms with Gasteiger partial charge in [-0.15, -0.1) is 0 Å². The van der Waals surface area contributed by atoms with Crippen LogP contribution in [0.25, 0.3) is 0 Å². The lowest BCUT2D eigenvalue weighted by molar-refractivity contribution is -0.139. The van der Waals surface area contributed by atoms with Crippen molar-refractivity contribution in [1.82, 2.24) is 14.2 Å². The van der Waals surface area contributed by atoms with E-state index in [0.717, 1.165) is 29.1 Å². The number of aromatic nitrogens is 2. The van der Waals surface area contributed by atoms with Crippen LogP contribution in [-0.2, 0) is 31.3 Å². The van der Waals surface area contributed by atoms with E-state index >= 15 is 0 Å². The Balaban J connectivity index is 0.000000594. The van der Waals surface area contributed by atoms with Crippen molar-refractivity contribution in [2.45, 2.75) is 31.6 Å². The number of alkyl halides is 12. The fraction of sp³-hybridized carbons (Fsp3) is 0.474. The number of hydroxylamine groups is 2. The molecule has 1 amide bonds. The molecule has 0 bridgehead atoms. The predicted molar refractivity (Wildman–Crippen MR) is 102 cm³/mol. The number of carbonyl (C=O) groups is 2. The van der Waals surface area contributed by atoms with E-state index in [4.69, 9.17) is 0 Å². The van der Waals surface area contributed by atoms with Crippen LogP contribution in [0.5, 0.6) is 0 Å². The fourth-order valence-electron chi connectivity index (χ4n) is 2.38. The monoisotopic (exact) mass is 565 g/mol. The van der Waals surface area contributed by atoms with E-state index in [-0.39, 0.29) is 6.92 Å². The van der Waals surface area contributed by atoms with Gasteiger partial charge in [0.1, 0.15) is 0 Å². The summed E-state index contributed by atoms with van der Waals surface area (Å²) in [7, 11) is 4.96. The number of carbonyl (C=O) groups excluding carboxylic acids is 2. The number of hydrogen-bond donors (Lipinski definition) is 0. The molecule has 0 radical (unpaired) electrons. The van der Waals surface area contributed by atoms with Crippen molar-refractivity contribution in [3.8, 4) is 0 Å². The molecule has 0 aliphatic rings. The predicted octanol–water partition coefficient (Wildman–Crippen LogP) is 6.03. The summed E-state index contributed by atoms with van der Waals surface area (Å²) in [4.78, 5) is 26.8. The average Bonchev–Trinajstić information content (AvgIpc) is 3.27. The van der Waals surface area contributed by atoms with Crippen LogP contribution in [-0.4, -0.2) is 52.4 Å². The first-order valence-electron chi connectivity index (χ1n) is 9.27. The van der Waals surface area contributed by atoms with Crippen LogP contribution in [0.15, 0.2) is 24.8 Å². The van der Waals surface area contributed by atoms with Gasteiger partial charge < -0.3 is 9.13 Å². The Bertz CT molecular complexity index is 1050. The molecule has 0 atom stereocenters. The van der Waals surface area contributed by atoms with E-state index in [1.807, 2.05) is 0 Å². The maximum atomic E-state index is 12.6. The van der Waals surface area contributed by atoms with Crippen molar-refractivity contribution < 1.29 is 67.1 Å². The van der Waals surface area contributed by atoms with Gasteiger partial charge in [0.05, 0.1) is 29.4 Å². The molecule has 0 saturated heterocycles. The van der Waals surface area contributed by atoms with E-state index in [0.29, 0.717) is 12.4 Å². The van der Waals surface area contributed by atoms with Gasteiger partial charge in [0.25, 0.3) is 11.7 Å². The normalized spacial score (nSPS) is 12.2. The summed E-state index contributed by atoms with van der Waals surface area (Å²) in [6.07, 6.45) is -16.0. The Hall–Kier alpha value is -3.18. The molecule has 2 heterocycles. The molecule has 6 nitrogen and oxygen atoms in total. The molecule has 0 fully saturated rings. The highest BCUT2D eigenvalue weighted by atomic mass is 19.4. The summed E-state index contributed by atoms with van der Waals surface area (Å²) in [5, 5.41) is 0.741. The fourth-order valence-corrected chi connectivity index (χ4v) is 2.38. The van der Waals surface area contributed by atoms with Crippen LogP contribution in [0.1, 0.15) is 38.8 Å². The third-order valence-corrected chi connectivity index (χ3v) is 3.81. The molecule has 0 unspecified atom stereocenters. The zero-order chi connectivity index (χ0) is 29.7. The van der Waals surface area contributed by atoms with Crippen molar-refractivity contribution in [1.29, 1.82) is 0 Å². The second kappa shape index (κ2) is 11.9. The zero-order valence-electron chi connectivity index (χ0n) is 19.4. The van der Waals surface area contributed by atoms with Crippen LogP contribution in [0.4, 0.5) is 52.7 Å². The number of nitrogens with zero attached hydrogens (tertiary/aromatic N) is 3. The molecular formula is C19H19F12N3O3. The van der Waals surface area contributed by atoms with Crippen molar-refractivity contribution in [2.24, 2.45) is 14.1 Å². The van der Waals surface area contributed by atoms with Crippen molar-refractivity contribution in [3.05, 3.63) is 47.0 Å². The first-order chi connectivity index (χ1) is 16.3. The quantitative estimate of drug-likeness (QED) is 0.259. The Labute approximate surface area is 200 Å². The molecule has 2 aromatic rings. The maximum Gasteiger partial charge on any atom is 0.454 e. The van der Waals surface area contributed by atoms with E-state index < -0.39 is 58.6 Å². The number of amides is 1. The number of ketones is 1. The van der Waals surface area contributed by atoms with Gasteiger partial charge in [0, 0.05) is 52.9 Å².